The number of halogens is 1. The number of aliphatic imine (C=N–C) groups is 1. The Labute approximate surface area is 169 Å². The quantitative estimate of drug-likeness (QED) is 0.343. The molecule has 0 fully saturated rings. The van der Waals surface area contributed by atoms with Gasteiger partial charge in [0.05, 0.1) is 17.2 Å². The van der Waals surface area contributed by atoms with Crippen LogP contribution in [-0.4, -0.2) is 29.5 Å². The third-order valence-electron chi connectivity index (χ3n) is 3.70. The molecule has 5 nitrogen and oxygen atoms in total. The van der Waals surface area contributed by atoms with Gasteiger partial charge in [-0.3, -0.25) is 9.98 Å². The number of aryl methyl sites for hydroxylation is 1. The van der Waals surface area contributed by atoms with Crippen LogP contribution in [0.4, 0.5) is 0 Å². The lowest BCUT2D eigenvalue weighted by molar-refractivity contribution is 0.784. The summed E-state index contributed by atoms with van der Waals surface area (Å²) >= 11 is 1.74. The summed E-state index contributed by atoms with van der Waals surface area (Å²) in [5.41, 5.74) is 1.02. The van der Waals surface area contributed by atoms with E-state index in [1.165, 1.54) is 15.6 Å². The number of fused-ring (bicyclic) bond motifs is 1. The minimum Gasteiger partial charge on any atom is -0.356 e. The minimum atomic E-state index is 0. The third kappa shape index (κ3) is 5.37. The van der Waals surface area contributed by atoms with E-state index < -0.39 is 0 Å². The molecule has 0 spiro atoms. The number of guanidine groups is 1. The first-order chi connectivity index (χ1) is 11.8. The minimum absolute atomic E-state index is 0. The zero-order valence-electron chi connectivity index (χ0n) is 14.3. The van der Waals surface area contributed by atoms with Crippen molar-refractivity contribution in [1.29, 1.82) is 0 Å². The third-order valence-corrected chi connectivity index (χ3v) is 4.68. The number of hydrogen-bond donors (Lipinski definition) is 2. The van der Waals surface area contributed by atoms with Crippen molar-refractivity contribution in [2.45, 2.75) is 19.9 Å². The first kappa shape index (κ1) is 19.6. The van der Waals surface area contributed by atoms with Crippen molar-refractivity contribution in [3.63, 3.8) is 0 Å². The number of pyridine rings is 1. The molecule has 1 aromatic carbocycles. The van der Waals surface area contributed by atoms with Crippen LogP contribution in [0.3, 0.4) is 0 Å². The molecule has 2 N–H and O–H groups in total. The molecule has 2 heterocycles. The van der Waals surface area contributed by atoms with E-state index in [0.29, 0.717) is 6.54 Å². The summed E-state index contributed by atoms with van der Waals surface area (Å²) in [6, 6.07) is 10.3. The van der Waals surface area contributed by atoms with E-state index in [4.69, 9.17) is 0 Å². The average Bonchev–Trinajstić information content (AvgIpc) is 3.03. The lowest BCUT2D eigenvalue weighted by atomic mass is 10.1. The standard InChI is InChI=1S/C18H21N5S.HI/c1-13-11-22-17(24-13)8-10-21-18(19-2)23-12-16-15-6-4-3-5-14(15)7-9-20-16;/h3-7,9,11H,8,10,12H2,1-2H3,(H2,19,21,23);1H. The fourth-order valence-electron chi connectivity index (χ4n) is 2.52. The molecule has 2 aromatic heterocycles. The van der Waals surface area contributed by atoms with Gasteiger partial charge >= 0.3 is 0 Å². The van der Waals surface area contributed by atoms with E-state index in [1.54, 1.807) is 18.4 Å². The molecular weight excluding hydrogens is 445 g/mol. The number of hydrogen-bond acceptors (Lipinski definition) is 4. The van der Waals surface area contributed by atoms with Crippen molar-refractivity contribution in [3.8, 4) is 0 Å². The molecule has 25 heavy (non-hydrogen) atoms. The second-order valence-corrected chi connectivity index (χ2v) is 6.77. The van der Waals surface area contributed by atoms with Gasteiger partial charge in [-0.1, -0.05) is 24.3 Å². The normalized spacial score (nSPS) is 11.2. The smallest absolute Gasteiger partial charge is 0.191 e. The second-order valence-electron chi connectivity index (χ2n) is 5.45. The van der Waals surface area contributed by atoms with E-state index in [1.807, 2.05) is 30.6 Å². The van der Waals surface area contributed by atoms with Gasteiger partial charge in [-0.25, -0.2) is 4.98 Å². The van der Waals surface area contributed by atoms with Gasteiger partial charge in [0.15, 0.2) is 5.96 Å². The second kappa shape index (κ2) is 9.67. The van der Waals surface area contributed by atoms with Crippen molar-refractivity contribution >= 4 is 52.0 Å². The molecule has 0 unspecified atom stereocenters. The van der Waals surface area contributed by atoms with E-state index in [9.17, 15) is 0 Å². The van der Waals surface area contributed by atoms with Crippen LogP contribution in [0.15, 0.2) is 47.7 Å². The van der Waals surface area contributed by atoms with Gasteiger partial charge in [-0.05, 0) is 18.4 Å². The maximum atomic E-state index is 4.49. The number of aromatic nitrogens is 2. The summed E-state index contributed by atoms with van der Waals surface area (Å²) in [6.07, 6.45) is 4.66. The van der Waals surface area contributed by atoms with Crippen LogP contribution in [0, 0.1) is 6.92 Å². The highest BCUT2D eigenvalue weighted by molar-refractivity contribution is 14.0. The van der Waals surface area contributed by atoms with Gasteiger partial charge in [-0.15, -0.1) is 35.3 Å². The van der Waals surface area contributed by atoms with E-state index in [2.05, 4.69) is 44.7 Å². The van der Waals surface area contributed by atoms with Crippen molar-refractivity contribution < 1.29 is 0 Å². The first-order valence-corrected chi connectivity index (χ1v) is 8.76. The summed E-state index contributed by atoms with van der Waals surface area (Å²) in [5.74, 6) is 0.776. The van der Waals surface area contributed by atoms with E-state index in [-0.39, 0.29) is 24.0 Å². The molecule has 3 aromatic rings. The number of benzene rings is 1. The van der Waals surface area contributed by atoms with Crippen LogP contribution in [0.1, 0.15) is 15.6 Å². The zero-order chi connectivity index (χ0) is 16.8. The molecule has 0 aliphatic carbocycles. The molecule has 0 saturated carbocycles. The topological polar surface area (TPSA) is 62.2 Å². The van der Waals surface area contributed by atoms with E-state index in [0.717, 1.165) is 29.6 Å². The predicted octanol–water partition coefficient (Wildman–Crippen LogP) is 3.53. The van der Waals surface area contributed by atoms with Crippen molar-refractivity contribution in [1.82, 2.24) is 20.6 Å². The molecule has 3 rings (SSSR count). The van der Waals surface area contributed by atoms with Gasteiger partial charge < -0.3 is 10.6 Å². The van der Waals surface area contributed by atoms with Crippen molar-refractivity contribution in [3.05, 3.63) is 58.3 Å². The summed E-state index contributed by atoms with van der Waals surface area (Å²) < 4.78 is 0. The molecule has 0 atom stereocenters. The number of nitrogens with one attached hydrogen (secondary N) is 2. The highest BCUT2D eigenvalue weighted by Gasteiger charge is 2.04. The summed E-state index contributed by atoms with van der Waals surface area (Å²) in [7, 11) is 1.78. The summed E-state index contributed by atoms with van der Waals surface area (Å²) in [5, 5.41) is 10.2. The monoisotopic (exact) mass is 467 g/mol. The Bertz CT molecular complexity index is 841. The van der Waals surface area contributed by atoms with Crippen molar-refractivity contribution in [2.24, 2.45) is 4.99 Å². The van der Waals surface area contributed by atoms with Gasteiger partial charge in [0.25, 0.3) is 0 Å². The largest absolute Gasteiger partial charge is 0.356 e. The molecule has 0 amide bonds. The average molecular weight is 467 g/mol. The van der Waals surface area contributed by atoms with Crippen LogP contribution >= 0.6 is 35.3 Å². The Balaban J connectivity index is 0.00000225. The van der Waals surface area contributed by atoms with Crippen LogP contribution in [0.25, 0.3) is 10.8 Å². The lowest BCUT2D eigenvalue weighted by Crippen LogP contribution is -2.38. The lowest BCUT2D eigenvalue weighted by Gasteiger charge is -2.12. The highest BCUT2D eigenvalue weighted by atomic mass is 127. The molecule has 0 bridgehead atoms. The molecule has 0 aliphatic rings. The molecule has 0 saturated heterocycles. The van der Waals surface area contributed by atoms with Gasteiger partial charge in [-0.2, -0.15) is 0 Å². The van der Waals surface area contributed by atoms with Gasteiger partial charge in [0.2, 0.25) is 0 Å². The van der Waals surface area contributed by atoms with Gasteiger partial charge in [0.1, 0.15) is 0 Å². The Morgan fingerprint density at radius 1 is 1.16 bits per heavy atom. The maximum Gasteiger partial charge on any atom is 0.191 e. The Morgan fingerprint density at radius 2 is 2.00 bits per heavy atom. The summed E-state index contributed by atoms with van der Waals surface area (Å²) in [6.45, 7) is 3.51. The Morgan fingerprint density at radius 3 is 2.76 bits per heavy atom. The van der Waals surface area contributed by atoms with E-state index >= 15 is 0 Å². The van der Waals surface area contributed by atoms with Gasteiger partial charge in [0, 0.05) is 42.7 Å². The fraction of sp³-hybridized carbons (Fsp3) is 0.278. The number of nitrogens with zero attached hydrogens (tertiary/aromatic N) is 3. The summed E-state index contributed by atoms with van der Waals surface area (Å²) in [4.78, 5) is 14.4. The molecule has 132 valence electrons. The molecular formula is C18H22IN5S. The maximum absolute atomic E-state index is 4.49. The van der Waals surface area contributed by atoms with Crippen LogP contribution < -0.4 is 10.6 Å². The van der Waals surface area contributed by atoms with Crippen LogP contribution in [-0.2, 0) is 13.0 Å². The first-order valence-electron chi connectivity index (χ1n) is 7.94. The zero-order valence-corrected chi connectivity index (χ0v) is 17.5. The van der Waals surface area contributed by atoms with Crippen LogP contribution in [0.5, 0.6) is 0 Å². The van der Waals surface area contributed by atoms with Crippen LogP contribution in [0.2, 0.25) is 0 Å². The fourth-order valence-corrected chi connectivity index (χ4v) is 3.30. The molecule has 0 aliphatic heterocycles. The molecule has 0 radical (unpaired) electrons. The number of thiazole rings is 1. The molecule has 7 heteroatoms. The Kier molecular flexibility index (Phi) is 7.57. The number of rotatable bonds is 5. The Hall–Kier alpha value is -1.74. The highest BCUT2D eigenvalue weighted by Crippen LogP contribution is 2.16. The van der Waals surface area contributed by atoms with Crippen molar-refractivity contribution in [2.75, 3.05) is 13.6 Å². The predicted molar refractivity (Wildman–Crippen MR) is 116 cm³/mol. The SMILES string of the molecule is CN=C(NCCc1ncc(C)s1)NCc1nccc2ccccc12.I.